The number of nitrogens with zero attached hydrogens (tertiary/aromatic N) is 1. The molecular formula is C11H15N3O. The molecule has 1 aliphatic heterocycles. The number of nitrogens with two attached hydrogens (primary N) is 1. The third-order valence-electron chi connectivity index (χ3n) is 2.66. The molecule has 1 aromatic carbocycles. The number of hydrogen-bond acceptors (Lipinski definition) is 3. The maximum Gasteiger partial charge on any atom is 0.249 e. The fourth-order valence-corrected chi connectivity index (χ4v) is 1.93. The summed E-state index contributed by atoms with van der Waals surface area (Å²) in [6.45, 7) is 4.45. The Labute approximate surface area is 89.1 Å². The van der Waals surface area contributed by atoms with Crippen LogP contribution in [0.4, 0.5) is 17.1 Å². The van der Waals surface area contributed by atoms with E-state index in [2.05, 4.69) is 5.32 Å². The summed E-state index contributed by atoms with van der Waals surface area (Å²) in [5.41, 5.74) is 8.26. The van der Waals surface area contributed by atoms with Gasteiger partial charge in [0.25, 0.3) is 0 Å². The Morgan fingerprint density at radius 3 is 2.93 bits per heavy atom. The Balaban J connectivity index is 2.56. The molecule has 1 heterocycles. The molecule has 0 aliphatic carbocycles. The molecule has 0 radical (unpaired) electrons. The number of carbonyl (C=O) groups excluding carboxylic acids is 1. The van der Waals surface area contributed by atoms with Gasteiger partial charge in [-0.1, -0.05) is 6.07 Å². The van der Waals surface area contributed by atoms with Crippen LogP contribution in [0.5, 0.6) is 0 Å². The number of amides is 1. The summed E-state index contributed by atoms with van der Waals surface area (Å²) in [5.74, 6) is 0.0721. The number of fused-ring (bicyclic) bond motifs is 1. The number of hydrogen-bond donors (Lipinski definition) is 2. The van der Waals surface area contributed by atoms with Gasteiger partial charge >= 0.3 is 0 Å². The lowest BCUT2D eigenvalue weighted by Gasteiger charge is -2.34. The minimum atomic E-state index is -0.181. The molecule has 0 spiro atoms. The van der Waals surface area contributed by atoms with E-state index in [1.54, 1.807) is 4.90 Å². The Morgan fingerprint density at radius 2 is 2.27 bits per heavy atom. The van der Waals surface area contributed by atoms with E-state index in [1.165, 1.54) is 0 Å². The van der Waals surface area contributed by atoms with E-state index in [1.807, 2.05) is 32.0 Å². The summed E-state index contributed by atoms with van der Waals surface area (Å²) in [4.78, 5) is 13.6. The maximum atomic E-state index is 11.9. The first-order valence-corrected chi connectivity index (χ1v) is 5.11. The number of anilines is 3. The number of rotatable bonds is 1. The second-order valence-electron chi connectivity index (χ2n) is 3.69. The fraction of sp³-hybridized carbons (Fsp3) is 0.364. The van der Waals surface area contributed by atoms with Crippen molar-refractivity contribution >= 4 is 23.0 Å². The molecule has 1 aliphatic rings. The summed E-state index contributed by atoms with van der Waals surface area (Å²) >= 11 is 0. The van der Waals surface area contributed by atoms with Gasteiger partial charge in [0.05, 0.1) is 17.1 Å². The Hall–Kier alpha value is -1.71. The normalized spacial score (nSPS) is 19.7. The van der Waals surface area contributed by atoms with Crippen LogP contribution in [0.25, 0.3) is 0 Å². The van der Waals surface area contributed by atoms with Gasteiger partial charge in [-0.15, -0.1) is 0 Å². The van der Waals surface area contributed by atoms with Crippen molar-refractivity contribution in [3.8, 4) is 0 Å². The average molecular weight is 205 g/mol. The first-order valence-electron chi connectivity index (χ1n) is 5.11. The van der Waals surface area contributed by atoms with Crippen LogP contribution < -0.4 is 16.0 Å². The highest BCUT2D eigenvalue weighted by Crippen LogP contribution is 2.36. The first-order chi connectivity index (χ1) is 7.15. The highest BCUT2D eigenvalue weighted by Gasteiger charge is 2.29. The molecule has 1 aromatic rings. The van der Waals surface area contributed by atoms with E-state index < -0.39 is 0 Å². The SMILES string of the molecule is CCN1C(=O)C(C)Nc2cccc(N)c21. The summed E-state index contributed by atoms with van der Waals surface area (Å²) in [5, 5.41) is 3.14. The second-order valence-corrected chi connectivity index (χ2v) is 3.69. The molecule has 0 saturated heterocycles. The summed E-state index contributed by atoms with van der Waals surface area (Å²) in [6, 6.07) is 5.46. The highest BCUT2D eigenvalue weighted by atomic mass is 16.2. The third-order valence-corrected chi connectivity index (χ3v) is 2.66. The Kier molecular flexibility index (Phi) is 2.26. The van der Waals surface area contributed by atoms with Crippen LogP contribution in [0.1, 0.15) is 13.8 Å². The van der Waals surface area contributed by atoms with Crippen molar-refractivity contribution in [2.24, 2.45) is 0 Å². The zero-order valence-electron chi connectivity index (χ0n) is 8.95. The van der Waals surface area contributed by atoms with Gasteiger partial charge in [-0.2, -0.15) is 0 Å². The molecule has 4 nitrogen and oxygen atoms in total. The maximum absolute atomic E-state index is 11.9. The highest BCUT2D eigenvalue weighted by molar-refractivity contribution is 6.07. The molecule has 1 atom stereocenters. The number of para-hydroxylation sites is 1. The third kappa shape index (κ3) is 1.42. The lowest BCUT2D eigenvalue weighted by atomic mass is 10.1. The zero-order chi connectivity index (χ0) is 11.0. The molecule has 1 amide bonds. The van der Waals surface area contributed by atoms with Crippen molar-refractivity contribution in [1.82, 2.24) is 0 Å². The van der Waals surface area contributed by atoms with Gasteiger partial charge in [-0.05, 0) is 26.0 Å². The second kappa shape index (κ2) is 3.46. The average Bonchev–Trinajstić information content (AvgIpc) is 2.21. The van der Waals surface area contributed by atoms with Crippen LogP contribution >= 0.6 is 0 Å². The lowest BCUT2D eigenvalue weighted by Crippen LogP contribution is -2.45. The topological polar surface area (TPSA) is 58.4 Å². The van der Waals surface area contributed by atoms with Gasteiger partial charge < -0.3 is 16.0 Å². The number of nitrogen functional groups attached to an aromatic ring is 1. The van der Waals surface area contributed by atoms with Crippen LogP contribution in [0.15, 0.2) is 18.2 Å². The summed E-state index contributed by atoms with van der Waals surface area (Å²) in [6.07, 6.45) is 0. The van der Waals surface area contributed by atoms with Gasteiger partial charge in [0, 0.05) is 6.54 Å². The van der Waals surface area contributed by atoms with Crippen molar-refractivity contribution < 1.29 is 4.79 Å². The van der Waals surface area contributed by atoms with Gasteiger partial charge in [-0.25, -0.2) is 0 Å². The van der Waals surface area contributed by atoms with Gasteiger partial charge in [0.2, 0.25) is 5.91 Å². The first kappa shape index (κ1) is 9.83. The van der Waals surface area contributed by atoms with Crippen molar-refractivity contribution in [3.63, 3.8) is 0 Å². The van der Waals surface area contributed by atoms with Crippen LogP contribution in [0.3, 0.4) is 0 Å². The Bertz CT molecular complexity index is 403. The van der Waals surface area contributed by atoms with E-state index >= 15 is 0 Å². The van der Waals surface area contributed by atoms with Crippen molar-refractivity contribution in [2.45, 2.75) is 19.9 Å². The van der Waals surface area contributed by atoms with Gasteiger partial charge in [0.15, 0.2) is 0 Å². The van der Waals surface area contributed by atoms with Crippen molar-refractivity contribution in [2.75, 3.05) is 22.5 Å². The van der Waals surface area contributed by atoms with Gasteiger partial charge in [0.1, 0.15) is 6.04 Å². The number of likely N-dealkylation sites (N-methyl/N-ethyl adjacent to an activating group) is 1. The molecule has 80 valence electrons. The summed E-state index contributed by atoms with van der Waals surface area (Å²) in [7, 11) is 0. The minimum Gasteiger partial charge on any atom is -0.397 e. The van der Waals surface area contributed by atoms with Crippen molar-refractivity contribution in [1.29, 1.82) is 0 Å². The molecule has 0 aromatic heterocycles. The van der Waals surface area contributed by atoms with Crippen LogP contribution in [-0.2, 0) is 4.79 Å². The van der Waals surface area contributed by atoms with Gasteiger partial charge in [-0.3, -0.25) is 4.79 Å². The predicted octanol–water partition coefficient (Wildman–Crippen LogP) is 1.44. The zero-order valence-corrected chi connectivity index (χ0v) is 8.95. The molecule has 3 N–H and O–H groups in total. The molecular weight excluding hydrogens is 190 g/mol. The van der Waals surface area contributed by atoms with E-state index in [0.29, 0.717) is 12.2 Å². The van der Waals surface area contributed by atoms with Crippen molar-refractivity contribution in [3.05, 3.63) is 18.2 Å². The molecule has 1 unspecified atom stereocenters. The fourth-order valence-electron chi connectivity index (χ4n) is 1.93. The van der Waals surface area contributed by atoms with E-state index in [-0.39, 0.29) is 11.9 Å². The van der Waals surface area contributed by atoms with Crippen LogP contribution in [0.2, 0.25) is 0 Å². The number of nitrogens with one attached hydrogen (secondary N) is 1. The molecule has 2 rings (SSSR count). The monoisotopic (exact) mass is 205 g/mol. The lowest BCUT2D eigenvalue weighted by molar-refractivity contribution is -0.119. The predicted molar refractivity (Wildman–Crippen MR) is 62.0 cm³/mol. The largest absolute Gasteiger partial charge is 0.397 e. The molecule has 0 bridgehead atoms. The number of carbonyl (C=O) groups is 1. The van der Waals surface area contributed by atoms with Crippen LogP contribution in [0, 0.1) is 0 Å². The van der Waals surface area contributed by atoms with E-state index in [9.17, 15) is 4.79 Å². The van der Waals surface area contributed by atoms with E-state index in [0.717, 1.165) is 11.4 Å². The standard InChI is InChI=1S/C11H15N3O/c1-3-14-10-8(12)5-4-6-9(10)13-7(2)11(14)15/h4-7,13H,3,12H2,1-2H3. The Morgan fingerprint density at radius 1 is 1.53 bits per heavy atom. The molecule has 4 heteroatoms. The quantitative estimate of drug-likeness (QED) is 0.682. The van der Waals surface area contributed by atoms with E-state index in [4.69, 9.17) is 5.73 Å². The molecule has 0 fully saturated rings. The van der Waals surface area contributed by atoms with Crippen LogP contribution in [-0.4, -0.2) is 18.5 Å². The smallest absolute Gasteiger partial charge is 0.249 e. The molecule has 15 heavy (non-hydrogen) atoms. The summed E-state index contributed by atoms with van der Waals surface area (Å²) < 4.78 is 0. The minimum absolute atomic E-state index is 0.0721. The molecule has 0 saturated carbocycles. The number of benzene rings is 1.